The van der Waals surface area contributed by atoms with Crippen molar-refractivity contribution >= 4 is 0 Å². The van der Waals surface area contributed by atoms with Gasteiger partial charge in [0.05, 0.1) is 13.2 Å². The Kier molecular flexibility index (Phi) is 6.17. The van der Waals surface area contributed by atoms with Gasteiger partial charge in [0.15, 0.2) is 11.5 Å². The number of aliphatic hydroxyl groups is 1. The van der Waals surface area contributed by atoms with Gasteiger partial charge in [-0.2, -0.15) is 0 Å². The van der Waals surface area contributed by atoms with Crippen LogP contribution in [0.5, 0.6) is 11.5 Å². The molecule has 2 atom stereocenters. The van der Waals surface area contributed by atoms with E-state index in [9.17, 15) is 10.2 Å². The number of ether oxygens (including phenoxy) is 1. The van der Waals surface area contributed by atoms with Crippen LogP contribution in [-0.2, 0) is 0 Å². The number of phenols is 1. The zero-order valence-electron chi connectivity index (χ0n) is 15.3. The number of hydrogen-bond donors (Lipinski definition) is 3. The largest absolute Gasteiger partial charge is 0.504 e. The van der Waals surface area contributed by atoms with Gasteiger partial charge < -0.3 is 25.2 Å². The van der Waals surface area contributed by atoms with Crippen LogP contribution in [0.4, 0.5) is 0 Å². The topological polar surface area (TPSA) is 68.2 Å². The van der Waals surface area contributed by atoms with Gasteiger partial charge in [-0.1, -0.05) is 6.07 Å². The highest BCUT2D eigenvalue weighted by Gasteiger charge is 2.30. The molecule has 6 nitrogen and oxygen atoms in total. The molecule has 0 aliphatic carbocycles. The summed E-state index contributed by atoms with van der Waals surface area (Å²) in [5.41, 5.74) is 1.18. The third-order valence-electron chi connectivity index (χ3n) is 5.53. The number of rotatable bonds is 5. The first kappa shape index (κ1) is 18.5. The van der Waals surface area contributed by atoms with E-state index in [0.29, 0.717) is 11.8 Å². The Morgan fingerprint density at radius 2 is 2.04 bits per heavy atom. The number of likely N-dealkylation sites (tertiary alicyclic amines) is 1. The summed E-state index contributed by atoms with van der Waals surface area (Å²) in [5.74, 6) is 0.707. The van der Waals surface area contributed by atoms with Crippen molar-refractivity contribution in [1.29, 1.82) is 0 Å². The number of methoxy groups -OCH3 is 1. The van der Waals surface area contributed by atoms with E-state index in [1.54, 1.807) is 13.2 Å². The average molecular weight is 349 g/mol. The number of aliphatic hydroxyl groups excluding tert-OH is 1. The SMILES string of the molecule is COc1cc(C(CN2CCC(O)CC2)N2CCNCC2C)ccc1O. The number of hydrogen-bond acceptors (Lipinski definition) is 6. The maximum Gasteiger partial charge on any atom is 0.160 e. The summed E-state index contributed by atoms with van der Waals surface area (Å²) in [6.45, 7) is 8.06. The fourth-order valence-electron chi connectivity index (χ4n) is 3.97. The van der Waals surface area contributed by atoms with Crippen molar-refractivity contribution in [1.82, 2.24) is 15.1 Å². The molecule has 1 aromatic rings. The molecule has 3 rings (SSSR count). The lowest BCUT2D eigenvalue weighted by atomic mass is 9.99. The normalized spacial score (nSPS) is 25.0. The Hall–Kier alpha value is -1.34. The van der Waals surface area contributed by atoms with E-state index >= 15 is 0 Å². The molecule has 0 saturated carbocycles. The molecule has 0 aromatic heterocycles. The van der Waals surface area contributed by atoms with Gasteiger partial charge in [-0.3, -0.25) is 4.90 Å². The second kappa shape index (κ2) is 8.36. The Morgan fingerprint density at radius 3 is 2.72 bits per heavy atom. The molecule has 2 aliphatic heterocycles. The van der Waals surface area contributed by atoms with Crippen LogP contribution in [0.25, 0.3) is 0 Å². The predicted octanol–water partition coefficient (Wildman–Crippen LogP) is 1.19. The number of piperazine rings is 1. The van der Waals surface area contributed by atoms with Crippen LogP contribution in [0.2, 0.25) is 0 Å². The summed E-state index contributed by atoms with van der Waals surface area (Å²) in [5, 5.41) is 23.2. The summed E-state index contributed by atoms with van der Waals surface area (Å²) in [4.78, 5) is 5.00. The molecule has 2 heterocycles. The maximum absolute atomic E-state index is 9.94. The van der Waals surface area contributed by atoms with Crippen molar-refractivity contribution in [2.45, 2.75) is 38.0 Å². The van der Waals surface area contributed by atoms with Crippen molar-refractivity contribution in [3.05, 3.63) is 23.8 Å². The Bertz CT molecular complexity index is 561. The van der Waals surface area contributed by atoms with Crippen molar-refractivity contribution in [2.75, 3.05) is 46.4 Å². The molecule has 3 N–H and O–H groups in total. The highest BCUT2D eigenvalue weighted by atomic mass is 16.5. The molecule has 0 bridgehead atoms. The Labute approximate surface area is 150 Å². The van der Waals surface area contributed by atoms with Crippen LogP contribution in [0, 0.1) is 0 Å². The maximum atomic E-state index is 9.94. The number of nitrogens with one attached hydrogen (secondary N) is 1. The Morgan fingerprint density at radius 1 is 1.28 bits per heavy atom. The van der Waals surface area contributed by atoms with Crippen LogP contribution in [0.3, 0.4) is 0 Å². The molecule has 0 amide bonds. The fourth-order valence-corrected chi connectivity index (χ4v) is 3.97. The first-order chi connectivity index (χ1) is 12.1. The van der Waals surface area contributed by atoms with Gasteiger partial charge in [0, 0.05) is 51.4 Å². The molecule has 0 spiro atoms. The van der Waals surface area contributed by atoms with E-state index in [4.69, 9.17) is 4.74 Å². The van der Waals surface area contributed by atoms with Crippen LogP contribution in [0.1, 0.15) is 31.4 Å². The average Bonchev–Trinajstić information content (AvgIpc) is 2.63. The molecule has 6 heteroatoms. The van der Waals surface area contributed by atoms with Gasteiger partial charge in [0.1, 0.15) is 0 Å². The van der Waals surface area contributed by atoms with Gasteiger partial charge in [-0.25, -0.2) is 0 Å². The minimum atomic E-state index is -0.151. The highest BCUT2D eigenvalue weighted by Crippen LogP contribution is 2.33. The van der Waals surface area contributed by atoms with E-state index in [1.165, 1.54) is 5.56 Å². The molecule has 2 unspecified atom stereocenters. The summed E-state index contributed by atoms with van der Waals surface area (Å²) in [6, 6.07) is 6.41. The summed E-state index contributed by atoms with van der Waals surface area (Å²) in [7, 11) is 1.59. The zero-order chi connectivity index (χ0) is 17.8. The van der Waals surface area contributed by atoms with Crippen molar-refractivity contribution in [3.63, 3.8) is 0 Å². The van der Waals surface area contributed by atoms with E-state index in [1.807, 2.05) is 12.1 Å². The van der Waals surface area contributed by atoms with Gasteiger partial charge in [-0.05, 0) is 37.5 Å². The lowest BCUT2D eigenvalue weighted by Crippen LogP contribution is -2.53. The van der Waals surface area contributed by atoms with Gasteiger partial charge in [0.25, 0.3) is 0 Å². The van der Waals surface area contributed by atoms with E-state index in [-0.39, 0.29) is 17.9 Å². The molecule has 2 saturated heterocycles. The third-order valence-corrected chi connectivity index (χ3v) is 5.53. The number of aromatic hydroxyl groups is 1. The smallest absolute Gasteiger partial charge is 0.160 e. The second-order valence-corrected chi connectivity index (χ2v) is 7.27. The van der Waals surface area contributed by atoms with Crippen LogP contribution in [0.15, 0.2) is 18.2 Å². The van der Waals surface area contributed by atoms with Crippen LogP contribution >= 0.6 is 0 Å². The first-order valence-corrected chi connectivity index (χ1v) is 9.32. The summed E-state index contributed by atoms with van der Waals surface area (Å²) >= 11 is 0. The number of nitrogens with zero attached hydrogens (tertiary/aromatic N) is 2. The number of benzene rings is 1. The van der Waals surface area contributed by atoms with Crippen molar-refractivity contribution in [2.24, 2.45) is 0 Å². The lowest BCUT2D eigenvalue weighted by molar-refractivity contribution is 0.0459. The van der Waals surface area contributed by atoms with Gasteiger partial charge >= 0.3 is 0 Å². The van der Waals surface area contributed by atoms with Gasteiger partial charge in [-0.15, -0.1) is 0 Å². The molecule has 0 radical (unpaired) electrons. The third kappa shape index (κ3) is 4.44. The van der Waals surface area contributed by atoms with E-state index in [0.717, 1.165) is 52.1 Å². The molecule has 140 valence electrons. The first-order valence-electron chi connectivity index (χ1n) is 9.32. The van der Waals surface area contributed by atoms with Crippen LogP contribution in [-0.4, -0.2) is 78.5 Å². The zero-order valence-corrected chi connectivity index (χ0v) is 15.3. The Balaban J connectivity index is 1.83. The quantitative estimate of drug-likeness (QED) is 0.742. The second-order valence-electron chi connectivity index (χ2n) is 7.27. The number of piperidine rings is 1. The van der Waals surface area contributed by atoms with E-state index < -0.39 is 0 Å². The predicted molar refractivity (Wildman–Crippen MR) is 98.1 cm³/mol. The molecule has 2 fully saturated rings. The molecule has 2 aliphatic rings. The van der Waals surface area contributed by atoms with Crippen LogP contribution < -0.4 is 10.1 Å². The molecule has 1 aromatic carbocycles. The minimum absolute atomic E-state index is 0.151. The van der Waals surface area contributed by atoms with Crippen molar-refractivity contribution < 1.29 is 14.9 Å². The molecular weight excluding hydrogens is 318 g/mol. The molecule has 25 heavy (non-hydrogen) atoms. The van der Waals surface area contributed by atoms with E-state index in [2.05, 4.69) is 22.0 Å². The standard InChI is InChI=1S/C19H31N3O3/c1-14-12-20-7-10-22(14)17(13-21-8-5-16(23)6-9-21)15-3-4-18(24)19(11-15)25-2/h3-4,11,14,16-17,20,23-24H,5-10,12-13H2,1-2H3. The summed E-state index contributed by atoms with van der Waals surface area (Å²) in [6.07, 6.45) is 1.55. The monoisotopic (exact) mass is 349 g/mol. The lowest BCUT2D eigenvalue weighted by Gasteiger charge is -2.43. The molecular formula is C19H31N3O3. The van der Waals surface area contributed by atoms with Crippen molar-refractivity contribution in [3.8, 4) is 11.5 Å². The fraction of sp³-hybridized carbons (Fsp3) is 0.684. The highest BCUT2D eigenvalue weighted by molar-refractivity contribution is 5.43. The number of phenolic OH excluding ortho intramolecular Hbond substituents is 1. The minimum Gasteiger partial charge on any atom is -0.504 e. The summed E-state index contributed by atoms with van der Waals surface area (Å²) < 4.78 is 5.33. The van der Waals surface area contributed by atoms with Gasteiger partial charge in [0.2, 0.25) is 0 Å².